The van der Waals surface area contributed by atoms with Gasteiger partial charge in [-0.15, -0.1) is 0 Å². The Balaban J connectivity index is 2.41. The van der Waals surface area contributed by atoms with E-state index in [-0.39, 0.29) is 0 Å². The zero-order valence-electron chi connectivity index (χ0n) is 8.30. The summed E-state index contributed by atoms with van der Waals surface area (Å²) >= 11 is 0. The lowest BCUT2D eigenvalue weighted by molar-refractivity contribution is 0.248. The summed E-state index contributed by atoms with van der Waals surface area (Å²) in [5.41, 5.74) is 8.76. The molecule has 3 heteroatoms. The molecule has 0 saturated carbocycles. The number of aromatic amines is 1. The quantitative estimate of drug-likeness (QED) is 0.685. The van der Waals surface area contributed by atoms with E-state index in [0.29, 0.717) is 11.3 Å². The lowest BCUT2D eigenvalue weighted by atomic mass is 9.68. The molecule has 1 heterocycles. The van der Waals surface area contributed by atoms with Crippen LogP contribution in [-0.4, -0.2) is 16.7 Å². The molecule has 1 aliphatic carbocycles. The molecule has 0 saturated heterocycles. The lowest BCUT2D eigenvalue weighted by Gasteiger charge is -2.37. The van der Waals surface area contributed by atoms with Gasteiger partial charge < -0.3 is 5.73 Å². The Labute approximate surface area is 78.7 Å². The number of nitrogens with two attached hydrogens (primary N) is 1. The van der Waals surface area contributed by atoms with E-state index in [1.165, 1.54) is 17.7 Å². The van der Waals surface area contributed by atoms with Crippen LogP contribution in [0, 0.1) is 5.41 Å². The van der Waals surface area contributed by atoms with Crippen LogP contribution >= 0.6 is 0 Å². The first-order valence-corrected chi connectivity index (χ1v) is 4.87. The van der Waals surface area contributed by atoms with Crippen LogP contribution in [0.1, 0.15) is 37.4 Å². The second kappa shape index (κ2) is 2.84. The first kappa shape index (κ1) is 8.75. The summed E-state index contributed by atoms with van der Waals surface area (Å²) < 4.78 is 0. The molecule has 0 amide bonds. The molecule has 13 heavy (non-hydrogen) atoms. The van der Waals surface area contributed by atoms with Gasteiger partial charge in [-0.3, -0.25) is 5.10 Å². The number of aryl methyl sites for hydroxylation is 1. The Hall–Kier alpha value is -0.830. The van der Waals surface area contributed by atoms with Gasteiger partial charge in [0.15, 0.2) is 0 Å². The van der Waals surface area contributed by atoms with Gasteiger partial charge in [0, 0.05) is 11.6 Å². The summed E-state index contributed by atoms with van der Waals surface area (Å²) in [6.45, 7) is 5.31. The second-order valence-corrected chi connectivity index (χ2v) is 4.58. The van der Waals surface area contributed by atoms with Crippen molar-refractivity contribution in [3.63, 3.8) is 0 Å². The Morgan fingerprint density at radius 2 is 2.46 bits per heavy atom. The van der Waals surface area contributed by atoms with Gasteiger partial charge in [0.25, 0.3) is 0 Å². The van der Waals surface area contributed by atoms with Gasteiger partial charge in [-0.25, -0.2) is 0 Å². The van der Waals surface area contributed by atoms with Crippen molar-refractivity contribution < 1.29 is 0 Å². The van der Waals surface area contributed by atoms with E-state index in [0.717, 1.165) is 13.0 Å². The minimum Gasteiger partial charge on any atom is -0.330 e. The number of fused-ring (bicyclic) bond motifs is 1. The van der Waals surface area contributed by atoms with E-state index in [1.807, 2.05) is 6.20 Å². The van der Waals surface area contributed by atoms with Crippen LogP contribution in [0.4, 0.5) is 0 Å². The van der Waals surface area contributed by atoms with Crippen LogP contribution in [0.2, 0.25) is 0 Å². The van der Waals surface area contributed by atoms with E-state index in [1.54, 1.807) is 0 Å². The standard InChI is InChI=1S/C10H17N3/c1-10(2)4-3-9-7(6-12-13-9)8(10)5-11/h6,8H,3-5,11H2,1-2H3,(H,12,13). The molecule has 1 aliphatic rings. The Morgan fingerprint density at radius 1 is 1.69 bits per heavy atom. The molecule has 0 spiro atoms. The summed E-state index contributed by atoms with van der Waals surface area (Å²) in [5, 5.41) is 7.14. The number of aromatic nitrogens is 2. The van der Waals surface area contributed by atoms with Crippen molar-refractivity contribution in [1.82, 2.24) is 10.2 Å². The number of rotatable bonds is 1. The van der Waals surface area contributed by atoms with Crippen molar-refractivity contribution in [2.45, 2.75) is 32.6 Å². The average molecular weight is 179 g/mol. The molecule has 3 N–H and O–H groups in total. The van der Waals surface area contributed by atoms with Crippen LogP contribution < -0.4 is 5.73 Å². The summed E-state index contributed by atoms with van der Waals surface area (Å²) in [6.07, 6.45) is 4.25. The van der Waals surface area contributed by atoms with Crippen molar-refractivity contribution in [3.05, 3.63) is 17.5 Å². The van der Waals surface area contributed by atoms with Gasteiger partial charge in [-0.1, -0.05) is 13.8 Å². The third-order valence-corrected chi connectivity index (χ3v) is 3.33. The van der Waals surface area contributed by atoms with Gasteiger partial charge >= 0.3 is 0 Å². The Morgan fingerprint density at radius 3 is 3.15 bits per heavy atom. The van der Waals surface area contributed by atoms with Gasteiger partial charge in [0.05, 0.1) is 6.20 Å². The number of hydrogen-bond donors (Lipinski definition) is 2. The highest BCUT2D eigenvalue weighted by molar-refractivity contribution is 5.27. The molecule has 0 aromatic carbocycles. The topological polar surface area (TPSA) is 54.7 Å². The minimum atomic E-state index is 0.325. The largest absolute Gasteiger partial charge is 0.330 e. The summed E-state index contributed by atoms with van der Waals surface area (Å²) in [7, 11) is 0. The molecule has 2 rings (SSSR count). The van der Waals surface area contributed by atoms with Crippen LogP contribution in [0.3, 0.4) is 0 Å². The van der Waals surface area contributed by atoms with E-state index in [4.69, 9.17) is 5.73 Å². The predicted molar refractivity (Wildman–Crippen MR) is 52.5 cm³/mol. The van der Waals surface area contributed by atoms with Gasteiger partial charge in [-0.2, -0.15) is 5.10 Å². The normalized spacial score (nSPS) is 25.6. The SMILES string of the molecule is CC1(C)CCc2[nH]ncc2C1CN. The highest BCUT2D eigenvalue weighted by atomic mass is 15.1. The van der Waals surface area contributed by atoms with Gasteiger partial charge in [0.2, 0.25) is 0 Å². The number of H-pyrrole nitrogens is 1. The maximum Gasteiger partial charge on any atom is 0.0525 e. The van der Waals surface area contributed by atoms with E-state index >= 15 is 0 Å². The fourth-order valence-electron chi connectivity index (χ4n) is 2.31. The van der Waals surface area contributed by atoms with E-state index in [9.17, 15) is 0 Å². The molecule has 72 valence electrons. The van der Waals surface area contributed by atoms with Crippen molar-refractivity contribution in [2.75, 3.05) is 6.54 Å². The molecule has 1 unspecified atom stereocenters. The molecule has 0 fully saturated rings. The first-order chi connectivity index (χ1) is 6.15. The van der Waals surface area contributed by atoms with Crippen LogP contribution in [-0.2, 0) is 6.42 Å². The van der Waals surface area contributed by atoms with Crippen molar-refractivity contribution in [2.24, 2.45) is 11.1 Å². The van der Waals surface area contributed by atoms with Crippen LogP contribution in [0.5, 0.6) is 0 Å². The maximum atomic E-state index is 5.81. The van der Waals surface area contributed by atoms with E-state index in [2.05, 4.69) is 24.0 Å². The second-order valence-electron chi connectivity index (χ2n) is 4.58. The highest BCUT2D eigenvalue weighted by Crippen LogP contribution is 2.43. The molecule has 1 atom stereocenters. The number of hydrogen-bond acceptors (Lipinski definition) is 2. The Kier molecular flexibility index (Phi) is 1.91. The molecule has 0 bridgehead atoms. The van der Waals surface area contributed by atoms with Crippen molar-refractivity contribution in [1.29, 1.82) is 0 Å². The molecule has 0 radical (unpaired) electrons. The zero-order chi connectivity index (χ0) is 9.47. The summed E-state index contributed by atoms with van der Waals surface area (Å²) in [4.78, 5) is 0. The molecule has 0 aliphatic heterocycles. The van der Waals surface area contributed by atoms with E-state index < -0.39 is 0 Å². The molecule has 3 nitrogen and oxygen atoms in total. The van der Waals surface area contributed by atoms with Crippen LogP contribution in [0.25, 0.3) is 0 Å². The third kappa shape index (κ3) is 1.27. The van der Waals surface area contributed by atoms with Crippen LogP contribution in [0.15, 0.2) is 6.20 Å². The van der Waals surface area contributed by atoms with Crippen molar-refractivity contribution >= 4 is 0 Å². The molecular formula is C10H17N3. The number of nitrogens with zero attached hydrogens (tertiary/aromatic N) is 1. The smallest absolute Gasteiger partial charge is 0.0525 e. The molecule has 1 aromatic rings. The lowest BCUT2D eigenvalue weighted by Crippen LogP contribution is -2.32. The molecular weight excluding hydrogens is 162 g/mol. The monoisotopic (exact) mass is 179 g/mol. The Bertz CT molecular complexity index is 301. The maximum absolute atomic E-state index is 5.81. The number of nitrogens with one attached hydrogen (secondary N) is 1. The summed E-state index contributed by atoms with van der Waals surface area (Å²) in [6, 6.07) is 0. The highest BCUT2D eigenvalue weighted by Gasteiger charge is 2.35. The minimum absolute atomic E-state index is 0.325. The fourth-order valence-corrected chi connectivity index (χ4v) is 2.31. The fraction of sp³-hybridized carbons (Fsp3) is 0.700. The van der Waals surface area contributed by atoms with Gasteiger partial charge in [0.1, 0.15) is 0 Å². The molecule has 1 aromatic heterocycles. The zero-order valence-corrected chi connectivity index (χ0v) is 8.30. The van der Waals surface area contributed by atoms with Crippen molar-refractivity contribution in [3.8, 4) is 0 Å². The third-order valence-electron chi connectivity index (χ3n) is 3.33. The first-order valence-electron chi connectivity index (χ1n) is 4.87. The summed E-state index contributed by atoms with van der Waals surface area (Å²) in [5.74, 6) is 0.468. The van der Waals surface area contributed by atoms with Gasteiger partial charge in [-0.05, 0) is 30.4 Å². The average Bonchev–Trinajstić information content (AvgIpc) is 2.50. The predicted octanol–water partition coefficient (Wildman–Crippen LogP) is 1.42.